The van der Waals surface area contributed by atoms with Crippen molar-refractivity contribution in [2.45, 2.75) is 31.7 Å². The second kappa shape index (κ2) is 8.41. The molecule has 2 aromatic rings. The number of halogens is 1. The van der Waals surface area contributed by atoms with Crippen LogP contribution >= 0.6 is 11.6 Å². The van der Waals surface area contributed by atoms with Crippen LogP contribution in [0.3, 0.4) is 0 Å². The summed E-state index contributed by atoms with van der Waals surface area (Å²) in [5.74, 6) is 1.07. The quantitative estimate of drug-likeness (QED) is 0.835. The Morgan fingerprint density at radius 1 is 1.04 bits per heavy atom. The first-order valence-electron chi connectivity index (χ1n) is 8.61. The van der Waals surface area contributed by atoms with Gasteiger partial charge in [-0.05, 0) is 67.8 Å². The molecular weight excluding hydrogens is 322 g/mol. The standard InChI is InChI=1S/C20H24ClNO2/c21-17-6-4-16(5-7-17)15-18-3-1-2-12-22(18)13-14-24-20-10-8-19(23)9-11-20/h4-11,18,23H,1-3,12-15H2. The van der Waals surface area contributed by atoms with Crippen LogP contribution in [0.5, 0.6) is 11.5 Å². The molecule has 3 rings (SSSR count). The van der Waals surface area contributed by atoms with Crippen LogP contribution in [0.15, 0.2) is 48.5 Å². The molecule has 1 aliphatic rings. The molecule has 0 bridgehead atoms. The summed E-state index contributed by atoms with van der Waals surface area (Å²) >= 11 is 5.98. The molecule has 1 heterocycles. The highest BCUT2D eigenvalue weighted by Crippen LogP contribution is 2.22. The summed E-state index contributed by atoms with van der Waals surface area (Å²) in [4.78, 5) is 2.54. The summed E-state index contributed by atoms with van der Waals surface area (Å²) < 4.78 is 5.81. The number of hydrogen-bond donors (Lipinski definition) is 1. The first kappa shape index (κ1) is 17.1. The van der Waals surface area contributed by atoms with Crippen LogP contribution in [0.4, 0.5) is 0 Å². The van der Waals surface area contributed by atoms with Gasteiger partial charge in [-0.3, -0.25) is 4.90 Å². The lowest BCUT2D eigenvalue weighted by atomic mass is 9.95. The van der Waals surface area contributed by atoms with Crippen molar-refractivity contribution in [3.05, 3.63) is 59.1 Å². The second-order valence-electron chi connectivity index (χ2n) is 6.36. The van der Waals surface area contributed by atoms with Gasteiger partial charge in [-0.2, -0.15) is 0 Å². The van der Waals surface area contributed by atoms with Gasteiger partial charge in [0.25, 0.3) is 0 Å². The zero-order valence-corrected chi connectivity index (χ0v) is 14.6. The molecule has 1 unspecified atom stereocenters. The summed E-state index contributed by atoms with van der Waals surface area (Å²) in [5.41, 5.74) is 1.34. The van der Waals surface area contributed by atoms with E-state index >= 15 is 0 Å². The average Bonchev–Trinajstić information content (AvgIpc) is 2.60. The smallest absolute Gasteiger partial charge is 0.119 e. The number of hydrogen-bond acceptors (Lipinski definition) is 3. The van der Waals surface area contributed by atoms with E-state index < -0.39 is 0 Å². The van der Waals surface area contributed by atoms with Crippen molar-refractivity contribution in [2.24, 2.45) is 0 Å². The molecule has 0 saturated carbocycles. The normalized spacial score (nSPS) is 18.5. The predicted octanol–water partition coefficient (Wildman–Crippen LogP) is 4.52. The van der Waals surface area contributed by atoms with E-state index in [2.05, 4.69) is 17.0 Å². The van der Waals surface area contributed by atoms with E-state index in [0.29, 0.717) is 12.6 Å². The largest absolute Gasteiger partial charge is 0.508 e. The van der Waals surface area contributed by atoms with Crippen LogP contribution in [-0.2, 0) is 6.42 Å². The third kappa shape index (κ3) is 4.89. The van der Waals surface area contributed by atoms with Gasteiger partial charge >= 0.3 is 0 Å². The number of benzene rings is 2. The number of nitrogens with zero attached hydrogens (tertiary/aromatic N) is 1. The van der Waals surface area contributed by atoms with Crippen LogP contribution in [0.2, 0.25) is 5.02 Å². The van der Waals surface area contributed by atoms with Gasteiger partial charge in [-0.25, -0.2) is 0 Å². The van der Waals surface area contributed by atoms with Crippen molar-refractivity contribution in [2.75, 3.05) is 19.7 Å². The molecule has 24 heavy (non-hydrogen) atoms. The number of piperidine rings is 1. The zero-order chi connectivity index (χ0) is 16.8. The van der Waals surface area contributed by atoms with E-state index in [1.165, 1.54) is 24.8 Å². The molecule has 0 radical (unpaired) electrons. The highest BCUT2D eigenvalue weighted by atomic mass is 35.5. The molecule has 2 aromatic carbocycles. The first-order valence-corrected chi connectivity index (χ1v) is 8.99. The Kier molecular flexibility index (Phi) is 6.00. The monoisotopic (exact) mass is 345 g/mol. The minimum Gasteiger partial charge on any atom is -0.508 e. The molecule has 4 heteroatoms. The van der Waals surface area contributed by atoms with Crippen molar-refractivity contribution in [1.82, 2.24) is 4.90 Å². The Bertz CT molecular complexity index is 627. The van der Waals surface area contributed by atoms with Crippen LogP contribution in [0.1, 0.15) is 24.8 Å². The Labute approximate surface area is 148 Å². The molecule has 0 spiro atoms. The number of phenolic OH excluding ortho intramolecular Hbond substituents is 1. The van der Waals surface area contributed by atoms with E-state index in [1.807, 2.05) is 12.1 Å². The molecule has 1 N–H and O–H groups in total. The molecule has 0 aliphatic carbocycles. The van der Waals surface area contributed by atoms with Gasteiger partial charge in [0.15, 0.2) is 0 Å². The number of phenols is 1. The fourth-order valence-corrected chi connectivity index (χ4v) is 3.43. The zero-order valence-electron chi connectivity index (χ0n) is 13.8. The van der Waals surface area contributed by atoms with Crippen LogP contribution in [-0.4, -0.2) is 35.7 Å². The van der Waals surface area contributed by atoms with Crippen molar-refractivity contribution in [1.29, 1.82) is 0 Å². The fourth-order valence-electron chi connectivity index (χ4n) is 3.30. The van der Waals surface area contributed by atoms with E-state index in [1.54, 1.807) is 24.3 Å². The molecule has 1 aliphatic heterocycles. The van der Waals surface area contributed by atoms with Crippen LogP contribution in [0.25, 0.3) is 0 Å². The number of ether oxygens (including phenoxy) is 1. The van der Waals surface area contributed by atoms with Crippen molar-refractivity contribution in [3.8, 4) is 11.5 Å². The predicted molar refractivity (Wildman–Crippen MR) is 98.0 cm³/mol. The Morgan fingerprint density at radius 3 is 2.54 bits per heavy atom. The molecule has 128 valence electrons. The molecule has 1 saturated heterocycles. The van der Waals surface area contributed by atoms with E-state index in [4.69, 9.17) is 16.3 Å². The molecule has 0 aromatic heterocycles. The third-order valence-corrected chi connectivity index (χ3v) is 4.87. The SMILES string of the molecule is Oc1ccc(OCCN2CCCCC2Cc2ccc(Cl)cc2)cc1. The summed E-state index contributed by atoms with van der Waals surface area (Å²) in [7, 11) is 0. The van der Waals surface area contributed by atoms with Gasteiger partial charge < -0.3 is 9.84 Å². The molecule has 1 fully saturated rings. The third-order valence-electron chi connectivity index (χ3n) is 4.62. The van der Waals surface area contributed by atoms with Crippen molar-refractivity contribution >= 4 is 11.6 Å². The lowest BCUT2D eigenvalue weighted by molar-refractivity contribution is 0.122. The molecule has 1 atom stereocenters. The van der Waals surface area contributed by atoms with Gasteiger partial charge in [-0.15, -0.1) is 0 Å². The van der Waals surface area contributed by atoms with Crippen LogP contribution in [0, 0.1) is 0 Å². The topological polar surface area (TPSA) is 32.7 Å². The van der Waals surface area contributed by atoms with Crippen LogP contribution < -0.4 is 4.74 Å². The molecule has 3 nitrogen and oxygen atoms in total. The van der Waals surface area contributed by atoms with Gasteiger partial charge in [0.2, 0.25) is 0 Å². The van der Waals surface area contributed by atoms with E-state index in [9.17, 15) is 5.11 Å². The molecule has 0 amide bonds. The highest BCUT2D eigenvalue weighted by Gasteiger charge is 2.22. The lowest BCUT2D eigenvalue weighted by Gasteiger charge is -2.35. The maximum absolute atomic E-state index is 9.31. The maximum atomic E-state index is 9.31. The summed E-state index contributed by atoms with van der Waals surface area (Å²) in [5, 5.41) is 10.1. The summed E-state index contributed by atoms with van der Waals surface area (Å²) in [6, 6.07) is 15.7. The van der Waals surface area contributed by atoms with E-state index in [-0.39, 0.29) is 5.75 Å². The summed E-state index contributed by atoms with van der Waals surface area (Å²) in [6.45, 7) is 2.73. The number of aromatic hydroxyl groups is 1. The maximum Gasteiger partial charge on any atom is 0.119 e. The minimum atomic E-state index is 0.265. The minimum absolute atomic E-state index is 0.265. The number of rotatable bonds is 6. The lowest BCUT2D eigenvalue weighted by Crippen LogP contribution is -2.43. The van der Waals surface area contributed by atoms with Gasteiger partial charge in [0.05, 0.1) is 0 Å². The summed E-state index contributed by atoms with van der Waals surface area (Å²) in [6.07, 6.45) is 4.86. The second-order valence-corrected chi connectivity index (χ2v) is 6.79. The van der Waals surface area contributed by atoms with Crippen molar-refractivity contribution < 1.29 is 9.84 Å². The Hall–Kier alpha value is -1.71. The fraction of sp³-hybridized carbons (Fsp3) is 0.400. The van der Waals surface area contributed by atoms with Crippen molar-refractivity contribution in [3.63, 3.8) is 0 Å². The average molecular weight is 346 g/mol. The van der Waals surface area contributed by atoms with Gasteiger partial charge in [0, 0.05) is 17.6 Å². The van der Waals surface area contributed by atoms with Gasteiger partial charge in [-0.1, -0.05) is 30.2 Å². The first-order chi connectivity index (χ1) is 11.7. The Morgan fingerprint density at radius 2 is 1.79 bits per heavy atom. The van der Waals surface area contributed by atoms with Gasteiger partial charge in [0.1, 0.15) is 18.1 Å². The van der Waals surface area contributed by atoms with E-state index in [0.717, 1.165) is 30.3 Å². The highest BCUT2D eigenvalue weighted by molar-refractivity contribution is 6.30. The molecular formula is C20H24ClNO2. The number of likely N-dealkylation sites (tertiary alicyclic amines) is 1. The Balaban J connectivity index is 1.52.